The summed E-state index contributed by atoms with van der Waals surface area (Å²) in [5.41, 5.74) is 6.07. The molecule has 3 heteroatoms. The molecule has 14 heavy (non-hydrogen) atoms. The molecule has 0 radical (unpaired) electrons. The first-order chi connectivity index (χ1) is 6.70. The first kappa shape index (κ1) is 10.8. The molecule has 0 aromatic heterocycles. The van der Waals surface area contributed by atoms with Gasteiger partial charge in [-0.05, 0) is 39.0 Å². The molecule has 2 fully saturated rings. The van der Waals surface area contributed by atoms with Gasteiger partial charge in [0.1, 0.15) is 0 Å². The number of nitrogens with two attached hydrogens (primary N) is 1. The summed E-state index contributed by atoms with van der Waals surface area (Å²) in [4.78, 5) is 0. The highest BCUT2D eigenvalue weighted by atomic mass is 32.2. The van der Waals surface area contributed by atoms with Crippen molar-refractivity contribution in [2.75, 3.05) is 12.4 Å². The summed E-state index contributed by atoms with van der Waals surface area (Å²) in [6.07, 6.45) is 6.44. The average Bonchev–Trinajstić information content (AvgIpc) is 2.13. The Hall–Kier alpha value is 0.270. The van der Waals surface area contributed by atoms with Crippen molar-refractivity contribution in [1.82, 2.24) is 0 Å². The zero-order valence-electron chi connectivity index (χ0n) is 9.00. The second-order valence-electron chi connectivity index (χ2n) is 4.81. The molecular weight excluding hydrogens is 194 g/mol. The molecule has 1 heterocycles. The topological polar surface area (TPSA) is 35.2 Å². The van der Waals surface area contributed by atoms with E-state index in [4.69, 9.17) is 10.5 Å². The Morgan fingerprint density at radius 2 is 2.36 bits per heavy atom. The number of ether oxygens (including phenoxy) is 1. The van der Waals surface area contributed by atoms with Crippen molar-refractivity contribution >= 4 is 11.8 Å². The number of rotatable bonds is 3. The van der Waals surface area contributed by atoms with Gasteiger partial charge in [0.25, 0.3) is 0 Å². The van der Waals surface area contributed by atoms with Gasteiger partial charge in [0.15, 0.2) is 0 Å². The number of hydrogen-bond acceptors (Lipinski definition) is 3. The van der Waals surface area contributed by atoms with Gasteiger partial charge in [-0.3, -0.25) is 0 Å². The van der Waals surface area contributed by atoms with Crippen LogP contribution in [0, 0.1) is 0 Å². The van der Waals surface area contributed by atoms with Crippen molar-refractivity contribution < 1.29 is 4.74 Å². The van der Waals surface area contributed by atoms with Crippen LogP contribution >= 0.6 is 11.8 Å². The maximum Gasteiger partial charge on any atom is 0.0693 e. The molecule has 1 aliphatic carbocycles. The summed E-state index contributed by atoms with van der Waals surface area (Å²) >= 11 is 2.05. The Balaban J connectivity index is 1.76. The Bertz CT molecular complexity index is 192. The minimum absolute atomic E-state index is 0.299. The first-order valence-electron chi connectivity index (χ1n) is 5.71. The summed E-state index contributed by atoms with van der Waals surface area (Å²) in [5.74, 6) is 1.10. The van der Waals surface area contributed by atoms with Gasteiger partial charge in [0.2, 0.25) is 0 Å². The van der Waals surface area contributed by atoms with Gasteiger partial charge < -0.3 is 10.5 Å². The van der Waals surface area contributed by atoms with E-state index in [0.717, 1.165) is 17.6 Å². The first-order valence-corrected chi connectivity index (χ1v) is 6.76. The molecule has 2 unspecified atom stereocenters. The van der Waals surface area contributed by atoms with Crippen molar-refractivity contribution in [3.8, 4) is 0 Å². The quantitative estimate of drug-likeness (QED) is 0.783. The Kier molecular flexibility index (Phi) is 3.40. The normalized spacial score (nSPS) is 32.6. The number of hydrogen-bond donors (Lipinski definition) is 1. The van der Waals surface area contributed by atoms with Gasteiger partial charge in [-0.1, -0.05) is 0 Å². The van der Waals surface area contributed by atoms with Crippen molar-refractivity contribution in [2.45, 2.75) is 55.9 Å². The molecule has 0 amide bonds. The van der Waals surface area contributed by atoms with Crippen LogP contribution in [0.1, 0.15) is 39.0 Å². The largest absolute Gasteiger partial charge is 0.375 e. The van der Waals surface area contributed by atoms with E-state index in [-0.39, 0.29) is 0 Å². The third kappa shape index (κ3) is 2.44. The van der Waals surface area contributed by atoms with Crippen LogP contribution in [0.15, 0.2) is 0 Å². The lowest BCUT2D eigenvalue weighted by Gasteiger charge is -2.47. The van der Waals surface area contributed by atoms with E-state index < -0.39 is 0 Å². The van der Waals surface area contributed by atoms with Crippen LogP contribution in [-0.2, 0) is 4.74 Å². The molecule has 2 N–H and O–H groups in total. The lowest BCUT2D eigenvalue weighted by molar-refractivity contribution is -0.125. The van der Waals surface area contributed by atoms with Gasteiger partial charge in [0.05, 0.1) is 5.60 Å². The molecule has 2 nitrogen and oxygen atoms in total. The zero-order valence-corrected chi connectivity index (χ0v) is 9.81. The van der Waals surface area contributed by atoms with E-state index in [1.54, 1.807) is 0 Å². The summed E-state index contributed by atoms with van der Waals surface area (Å²) in [6, 6.07) is 0.334. The predicted molar refractivity (Wildman–Crippen MR) is 61.7 cm³/mol. The molecule has 2 rings (SSSR count). The molecule has 1 aliphatic heterocycles. The standard InChI is InChI=1S/C11H21NOS/c1-9(12)8-14-10-3-6-13-11(7-10)4-2-5-11/h9-10H,2-8,12H2,1H3. The van der Waals surface area contributed by atoms with Crippen LogP contribution in [0.5, 0.6) is 0 Å². The number of thioether (sulfide) groups is 1. The molecule has 2 atom stereocenters. The molecular formula is C11H21NOS. The molecule has 0 aromatic carbocycles. The van der Waals surface area contributed by atoms with E-state index in [1.807, 2.05) is 0 Å². The van der Waals surface area contributed by atoms with E-state index in [9.17, 15) is 0 Å². The lowest BCUT2D eigenvalue weighted by Crippen LogP contribution is -2.46. The molecule has 0 aromatic rings. The van der Waals surface area contributed by atoms with Crippen LogP contribution in [0.2, 0.25) is 0 Å². The third-order valence-corrected chi connectivity index (χ3v) is 4.90. The Labute approximate surface area is 91.0 Å². The van der Waals surface area contributed by atoms with Crippen molar-refractivity contribution in [3.05, 3.63) is 0 Å². The minimum atomic E-state index is 0.299. The van der Waals surface area contributed by atoms with Crippen molar-refractivity contribution in [3.63, 3.8) is 0 Å². The molecule has 1 saturated heterocycles. The highest BCUT2D eigenvalue weighted by Gasteiger charge is 2.42. The van der Waals surface area contributed by atoms with Crippen LogP contribution in [0.3, 0.4) is 0 Å². The highest BCUT2D eigenvalue weighted by Crippen LogP contribution is 2.44. The zero-order chi connectivity index (χ0) is 10.0. The Morgan fingerprint density at radius 3 is 2.93 bits per heavy atom. The minimum Gasteiger partial charge on any atom is -0.375 e. The van der Waals surface area contributed by atoms with Crippen LogP contribution in [-0.4, -0.2) is 29.3 Å². The molecule has 1 saturated carbocycles. The smallest absolute Gasteiger partial charge is 0.0693 e. The second-order valence-corrected chi connectivity index (χ2v) is 6.14. The van der Waals surface area contributed by atoms with Gasteiger partial charge in [0, 0.05) is 23.7 Å². The second kappa shape index (κ2) is 4.42. The predicted octanol–water partition coefficient (Wildman–Crippen LogP) is 2.17. The van der Waals surface area contributed by atoms with Crippen molar-refractivity contribution in [1.29, 1.82) is 0 Å². The summed E-state index contributed by atoms with van der Waals surface area (Å²) in [6.45, 7) is 3.06. The molecule has 1 spiro atoms. The van der Waals surface area contributed by atoms with Gasteiger partial charge in [-0.25, -0.2) is 0 Å². The summed E-state index contributed by atoms with van der Waals surface area (Å²) < 4.78 is 5.89. The van der Waals surface area contributed by atoms with Gasteiger partial charge in [-0.2, -0.15) is 11.8 Å². The van der Waals surface area contributed by atoms with E-state index in [0.29, 0.717) is 11.6 Å². The molecule has 2 aliphatic rings. The highest BCUT2D eigenvalue weighted by molar-refractivity contribution is 7.99. The third-order valence-electron chi connectivity index (χ3n) is 3.31. The van der Waals surface area contributed by atoms with E-state index in [1.165, 1.54) is 32.1 Å². The maximum atomic E-state index is 5.89. The maximum absolute atomic E-state index is 5.89. The SMILES string of the molecule is CC(N)CSC1CCOC2(CCC2)C1. The van der Waals surface area contributed by atoms with Crippen molar-refractivity contribution in [2.24, 2.45) is 5.73 Å². The van der Waals surface area contributed by atoms with Crippen LogP contribution in [0.4, 0.5) is 0 Å². The van der Waals surface area contributed by atoms with Crippen LogP contribution < -0.4 is 5.73 Å². The lowest BCUT2D eigenvalue weighted by atomic mass is 9.75. The Morgan fingerprint density at radius 1 is 1.57 bits per heavy atom. The fraction of sp³-hybridized carbons (Fsp3) is 1.00. The van der Waals surface area contributed by atoms with E-state index in [2.05, 4.69) is 18.7 Å². The molecule has 0 bridgehead atoms. The fourth-order valence-corrected chi connectivity index (χ4v) is 3.59. The van der Waals surface area contributed by atoms with E-state index >= 15 is 0 Å². The van der Waals surface area contributed by atoms with Gasteiger partial charge >= 0.3 is 0 Å². The van der Waals surface area contributed by atoms with Gasteiger partial charge in [-0.15, -0.1) is 0 Å². The monoisotopic (exact) mass is 215 g/mol. The molecule has 82 valence electrons. The summed E-state index contributed by atoms with van der Waals surface area (Å²) in [5, 5.41) is 0.801. The average molecular weight is 215 g/mol. The van der Waals surface area contributed by atoms with Crippen LogP contribution in [0.25, 0.3) is 0 Å². The summed E-state index contributed by atoms with van der Waals surface area (Å²) in [7, 11) is 0. The fourth-order valence-electron chi connectivity index (χ4n) is 2.33.